The van der Waals surface area contributed by atoms with Crippen molar-refractivity contribution in [3.8, 4) is 10.6 Å². The van der Waals surface area contributed by atoms with Gasteiger partial charge >= 0.3 is 0 Å². The van der Waals surface area contributed by atoms with Gasteiger partial charge in [0.05, 0.1) is 17.1 Å². The van der Waals surface area contributed by atoms with Crippen LogP contribution >= 0.6 is 11.3 Å². The van der Waals surface area contributed by atoms with Crippen LogP contribution in [0, 0.1) is 0 Å². The molecule has 5 nitrogen and oxygen atoms in total. The van der Waals surface area contributed by atoms with E-state index in [0.29, 0.717) is 6.04 Å². The molecule has 0 amide bonds. The highest BCUT2D eigenvalue weighted by atomic mass is 32.1. The Morgan fingerprint density at radius 3 is 3.08 bits per heavy atom. The Kier molecular flexibility index (Phi) is 4.99. The maximum Gasteiger partial charge on any atom is 0.177 e. The molecule has 1 fully saturated rings. The molecule has 4 rings (SSSR count). The zero-order chi connectivity index (χ0) is 17.1. The van der Waals surface area contributed by atoms with E-state index in [4.69, 9.17) is 4.52 Å². The smallest absolute Gasteiger partial charge is 0.177 e. The van der Waals surface area contributed by atoms with E-state index in [9.17, 15) is 0 Å². The Bertz CT molecular complexity index is 792. The third-order valence-electron chi connectivity index (χ3n) is 4.89. The average molecular weight is 356 g/mol. The van der Waals surface area contributed by atoms with E-state index in [-0.39, 0.29) is 0 Å². The van der Waals surface area contributed by atoms with E-state index in [1.54, 1.807) is 11.3 Å². The summed E-state index contributed by atoms with van der Waals surface area (Å²) in [5.74, 6) is 0.882. The molecule has 3 aromatic rings. The van der Waals surface area contributed by atoms with Crippen molar-refractivity contribution in [3.63, 3.8) is 0 Å². The number of aryl methyl sites for hydroxylation is 1. The number of hydrogen-bond donors (Lipinski definition) is 0. The van der Waals surface area contributed by atoms with Gasteiger partial charge in [0.15, 0.2) is 5.76 Å². The summed E-state index contributed by atoms with van der Waals surface area (Å²) in [6.07, 6.45) is 9.06. The molecule has 0 spiro atoms. The van der Waals surface area contributed by atoms with E-state index >= 15 is 0 Å². The molecule has 0 unspecified atom stereocenters. The maximum absolute atomic E-state index is 5.64. The summed E-state index contributed by atoms with van der Waals surface area (Å²) < 4.78 is 7.63. The fourth-order valence-electron chi connectivity index (χ4n) is 3.57. The molecule has 1 saturated heterocycles. The summed E-state index contributed by atoms with van der Waals surface area (Å²) in [5.41, 5.74) is 2.34. The van der Waals surface area contributed by atoms with E-state index in [0.717, 1.165) is 42.4 Å². The fourth-order valence-corrected chi connectivity index (χ4v) is 4.24. The van der Waals surface area contributed by atoms with Crippen molar-refractivity contribution in [2.75, 3.05) is 6.54 Å². The first-order chi connectivity index (χ1) is 12.3. The zero-order valence-electron chi connectivity index (χ0n) is 14.6. The van der Waals surface area contributed by atoms with Gasteiger partial charge in [0.2, 0.25) is 0 Å². The summed E-state index contributed by atoms with van der Waals surface area (Å²) in [4.78, 5) is 3.68. The molecule has 3 aromatic heterocycles. The van der Waals surface area contributed by atoms with Crippen LogP contribution in [0.1, 0.15) is 49.9 Å². The predicted molar refractivity (Wildman–Crippen MR) is 99.3 cm³/mol. The Hall–Kier alpha value is -1.92. The largest absolute Gasteiger partial charge is 0.355 e. The van der Waals surface area contributed by atoms with Crippen LogP contribution in [0.2, 0.25) is 0 Å². The number of hydrogen-bond acceptors (Lipinski definition) is 5. The summed E-state index contributed by atoms with van der Waals surface area (Å²) in [6.45, 7) is 5.05. The number of thiophene rings is 1. The van der Waals surface area contributed by atoms with Gasteiger partial charge < -0.3 is 4.52 Å². The number of aromatic nitrogens is 3. The third-order valence-corrected chi connectivity index (χ3v) is 5.78. The van der Waals surface area contributed by atoms with Gasteiger partial charge in [-0.3, -0.25) is 9.58 Å². The first-order valence-electron chi connectivity index (χ1n) is 9.09. The molecule has 0 radical (unpaired) electrons. The molecule has 25 heavy (non-hydrogen) atoms. The quantitative estimate of drug-likeness (QED) is 0.663. The van der Waals surface area contributed by atoms with Crippen molar-refractivity contribution in [2.45, 2.75) is 51.7 Å². The van der Waals surface area contributed by atoms with Crippen molar-refractivity contribution < 1.29 is 4.52 Å². The van der Waals surface area contributed by atoms with Gasteiger partial charge in [0.1, 0.15) is 5.69 Å². The molecule has 132 valence electrons. The summed E-state index contributed by atoms with van der Waals surface area (Å²) in [7, 11) is 0. The Labute approximate surface area is 152 Å². The van der Waals surface area contributed by atoms with E-state index < -0.39 is 0 Å². The molecular formula is C19H24N4OS. The van der Waals surface area contributed by atoms with Gasteiger partial charge in [-0.05, 0) is 37.8 Å². The van der Waals surface area contributed by atoms with Crippen molar-refractivity contribution in [3.05, 3.63) is 47.2 Å². The van der Waals surface area contributed by atoms with Gasteiger partial charge in [0, 0.05) is 30.9 Å². The van der Waals surface area contributed by atoms with Crippen LogP contribution in [-0.2, 0) is 13.1 Å². The minimum absolute atomic E-state index is 0.324. The molecule has 1 atom stereocenters. The second kappa shape index (κ2) is 7.54. The molecule has 0 saturated carbocycles. The molecule has 4 heterocycles. The minimum atomic E-state index is 0.324. The topological polar surface area (TPSA) is 47.1 Å². The van der Waals surface area contributed by atoms with Crippen LogP contribution in [-0.4, -0.2) is 26.4 Å². The fraction of sp³-hybridized carbons (Fsp3) is 0.474. The molecule has 0 N–H and O–H groups in total. The maximum atomic E-state index is 5.64. The zero-order valence-corrected chi connectivity index (χ0v) is 15.4. The second-order valence-electron chi connectivity index (χ2n) is 6.63. The molecule has 6 heteroatoms. The first-order valence-corrected chi connectivity index (χ1v) is 9.97. The van der Waals surface area contributed by atoms with Gasteiger partial charge in [-0.2, -0.15) is 5.10 Å². The van der Waals surface area contributed by atoms with Gasteiger partial charge in [-0.15, -0.1) is 11.3 Å². The highest BCUT2D eigenvalue weighted by Crippen LogP contribution is 2.34. The first kappa shape index (κ1) is 16.5. The molecule has 1 aliphatic heterocycles. The SMILES string of the molecule is CCn1cc(CN2CCCCC[C@H]2c2cc(-c3cccs3)on2)cn1. The molecular weight excluding hydrogens is 332 g/mol. The van der Waals surface area contributed by atoms with Gasteiger partial charge in [-0.1, -0.05) is 24.1 Å². The molecule has 0 bridgehead atoms. The second-order valence-corrected chi connectivity index (χ2v) is 7.58. The average Bonchev–Trinajstić information content (AvgIpc) is 3.35. The number of likely N-dealkylation sites (tertiary alicyclic amines) is 1. The van der Waals surface area contributed by atoms with Crippen LogP contribution in [0.15, 0.2) is 40.5 Å². The lowest BCUT2D eigenvalue weighted by molar-refractivity contribution is 0.184. The minimum Gasteiger partial charge on any atom is -0.355 e. The van der Waals surface area contributed by atoms with Crippen LogP contribution in [0.4, 0.5) is 0 Å². The lowest BCUT2D eigenvalue weighted by Gasteiger charge is -2.27. The van der Waals surface area contributed by atoms with E-state index in [1.807, 2.05) is 16.9 Å². The predicted octanol–water partition coefficient (Wildman–Crippen LogP) is 4.74. The molecule has 0 aliphatic carbocycles. The number of nitrogens with zero attached hydrogens (tertiary/aromatic N) is 4. The van der Waals surface area contributed by atoms with Crippen molar-refractivity contribution in [1.82, 2.24) is 19.8 Å². The summed E-state index contributed by atoms with van der Waals surface area (Å²) in [6, 6.07) is 6.58. The monoisotopic (exact) mass is 356 g/mol. The van der Waals surface area contributed by atoms with Crippen LogP contribution in [0.3, 0.4) is 0 Å². The lowest BCUT2D eigenvalue weighted by Crippen LogP contribution is -2.28. The Morgan fingerprint density at radius 2 is 2.28 bits per heavy atom. The van der Waals surface area contributed by atoms with Crippen LogP contribution in [0.25, 0.3) is 10.6 Å². The van der Waals surface area contributed by atoms with Crippen LogP contribution < -0.4 is 0 Å². The highest BCUT2D eigenvalue weighted by molar-refractivity contribution is 7.13. The lowest BCUT2D eigenvalue weighted by atomic mass is 10.1. The van der Waals surface area contributed by atoms with Gasteiger partial charge in [0.25, 0.3) is 0 Å². The highest BCUT2D eigenvalue weighted by Gasteiger charge is 2.26. The normalized spacial score (nSPS) is 19.2. The molecule has 0 aromatic carbocycles. The van der Waals surface area contributed by atoms with Crippen molar-refractivity contribution >= 4 is 11.3 Å². The summed E-state index contributed by atoms with van der Waals surface area (Å²) >= 11 is 1.69. The van der Waals surface area contributed by atoms with Crippen molar-refractivity contribution in [2.24, 2.45) is 0 Å². The molecule has 1 aliphatic rings. The van der Waals surface area contributed by atoms with Crippen LogP contribution in [0.5, 0.6) is 0 Å². The van der Waals surface area contributed by atoms with E-state index in [1.165, 1.54) is 24.8 Å². The van der Waals surface area contributed by atoms with E-state index in [2.05, 4.69) is 45.8 Å². The number of rotatable bonds is 5. The Balaban J connectivity index is 1.56. The summed E-state index contributed by atoms with van der Waals surface area (Å²) in [5, 5.41) is 10.9. The Morgan fingerprint density at radius 1 is 1.32 bits per heavy atom. The third kappa shape index (κ3) is 3.70. The van der Waals surface area contributed by atoms with Gasteiger partial charge in [-0.25, -0.2) is 0 Å². The standard InChI is InChI=1S/C19H24N4OS/c1-2-23-14-15(12-20-23)13-22-9-5-3-4-7-17(22)16-11-18(24-21-16)19-8-6-10-25-19/h6,8,10-12,14,17H,2-5,7,9,13H2,1H3/t17-/m0/s1. The van der Waals surface area contributed by atoms with Crippen molar-refractivity contribution in [1.29, 1.82) is 0 Å².